The van der Waals surface area contributed by atoms with Crippen LogP contribution in [0.15, 0.2) is 42.6 Å². The van der Waals surface area contributed by atoms with Crippen molar-refractivity contribution in [1.29, 1.82) is 0 Å². The zero-order chi connectivity index (χ0) is 11.2. The summed E-state index contributed by atoms with van der Waals surface area (Å²) in [5.41, 5.74) is 7.64. The van der Waals surface area contributed by atoms with Crippen molar-refractivity contribution in [3.63, 3.8) is 0 Å². The van der Waals surface area contributed by atoms with E-state index in [1.807, 2.05) is 53.0 Å². The SMILES string of the molecule is NCCSCc1ccn(-c2ccccc2)n1. The van der Waals surface area contributed by atoms with Crippen LogP contribution in [0.4, 0.5) is 0 Å². The highest BCUT2D eigenvalue weighted by atomic mass is 32.2. The highest BCUT2D eigenvalue weighted by molar-refractivity contribution is 7.98. The molecule has 2 rings (SSSR count). The molecule has 1 heterocycles. The molecule has 0 fully saturated rings. The third kappa shape index (κ3) is 2.87. The molecule has 0 atom stereocenters. The van der Waals surface area contributed by atoms with Gasteiger partial charge >= 0.3 is 0 Å². The first kappa shape index (κ1) is 11.2. The molecular formula is C12H15N3S. The van der Waals surface area contributed by atoms with E-state index in [1.54, 1.807) is 0 Å². The van der Waals surface area contributed by atoms with Crippen LogP contribution in [0, 0.1) is 0 Å². The number of thioether (sulfide) groups is 1. The van der Waals surface area contributed by atoms with E-state index in [4.69, 9.17) is 5.73 Å². The molecule has 0 radical (unpaired) electrons. The van der Waals surface area contributed by atoms with Crippen LogP contribution in [-0.2, 0) is 5.75 Å². The van der Waals surface area contributed by atoms with Gasteiger partial charge in [-0.05, 0) is 18.2 Å². The van der Waals surface area contributed by atoms with Crippen LogP contribution in [0.1, 0.15) is 5.69 Å². The third-order valence-corrected chi connectivity index (χ3v) is 3.20. The summed E-state index contributed by atoms with van der Waals surface area (Å²) in [4.78, 5) is 0. The second-order valence-corrected chi connectivity index (χ2v) is 4.53. The van der Waals surface area contributed by atoms with Crippen molar-refractivity contribution in [1.82, 2.24) is 9.78 Å². The van der Waals surface area contributed by atoms with Gasteiger partial charge < -0.3 is 5.73 Å². The number of hydrogen-bond acceptors (Lipinski definition) is 3. The van der Waals surface area contributed by atoms with Crippen LogP contribution in [0.25, 0.3) is 5.69 Å². The molecule has 0 amide bonds. The minimum Gasteiger partial charge on any atom is -0.330 e. The van der Waals surface area contributed by atoms with Gasteiger partial charge in [-0.15, -0.1) is 0 Å². The van der Waals surface area contributed by atoms with Crippen LogP contribution in [-0.4, -0.2) is 22.1 Å². The Hall–Kier alpha value is -1.26. The molecule has 0 saturated heterocycles. The van der Waals surface area contributed by atoms with Gasteiger partial charge in [-0.25, -0.2) is 4.68 Å². The summed E-state index contributed by atoms with van der Waals surface area (Å²) in [6, 6.07) is 12.2. The minimum atomic E-state index is 0.726. The topological polar surface area (TPSA) is 43.8 Å². The molecule has 0 saturated carbocycles. The fraction of sp³-hybridized carbons (Fsp3) is 0.250. The summed E-state index contributed by atoms with van der Waals surface area (Å²) in [7, 11) is 0. The summed E-state index contributed by atoms with van der Waals surface area (Å²) >= 11 is 1.81. The first-order chi connectivity index (χ1) is 7.90. The fourth-order valence-corrected chi connectivity index (χ4v) is 2.10. The zero-order valence-electron chi connectivity index (χ0n) is 9.04. The minimum absolute atomic E-state index is 0.726. The van der Waals surface area contributed by atoms with Gasteiger partial charge in [-0.1, -0.05) is 18.2 Å². The second-order valence-electron chi connectivity index (χ2n) is 3.43. The van der Waals surface area contributed by atoms with Gasteiger partial charge in [0, 0.05) is 24.2 Å². The zero-order valence-corrected chi connectivity index (χ0v) is 9.86. The number of rotatable bonds is 5. The summed E-state index contributed by atoms with van der Waals surface area (Å²) in [5.74, 6) is 1.91. The van der Waals surface area contributed by atoms with Crippen molar-refractivity contribution >= 4 is 11.8 Å². The van der Waals surface area contributed by atoms with Crippen LogP contribution in [0.5, 0.6) is 0 Å². The Labute approximate surface area is 99.7 Å². The highest BCUT2D eigenvalue weighted by Crippen LogP contribution is 2.11. The van der Waals surface area contributed by atoms with Gasteiger partial charge in [0.2, 0.25) is 0 Å². The van der Waals surface area contributed by atoms with Crippen molar-refractivity contribution in [3.8, 4) is 5.69 Å². The van der Waals surface area contributed by atoms with E-state index in [9.17, 15) is 0 Å². The van der Waals surface area contributed by atoms with E-state index in [1.165, 1.54) is 0 Å². The molecule has 0 bridgehead atoms. The van der Waals surface area contributed by atoms with E-state index >= 15 is 0 Å². The number of nitrogens with zero attached hydrogens (tertiary/aromatic N) is 2. The van der Waals surface area contributed by atoms with Gasteiger partial charge in [0.05, 0.1) is 11.4 Å². The number of hydrogen-bond donors (Lipinski definition) is 1. The van der Waals surface area contributed by atoms with Gasteiger partial charge in [0.25, 0.3) is 0 Å². The maximum atomic E-state index is 5.44. The van der Waals surface area contributed by atoms with E-state index in [0.29, 0.717) is 0 Å². The molecular weight excluding hydrogens is 218 g/mol. The Bertz CT molecular complexity index is 425. The molecule has 0 unspecified atom stereocenters. The van der Waals surface area contributed by atoms with E-state index in [0.717, 1.165) is 29.4 Å². The number of aromatic nitrogens is 2. The molecule has 0 aliphatic rings. The van der Waals surface area contributed by atoms with Crippen molar-refractivity contribution in [2.45, 2.75) is 5.75 Å². The average Bonchev–Trinajstić information content (AvgIpc) is 2.79. The molecule has 4 heteroatoms. The van der Waals surface area contributed by atoms with Gasteiger partial charge in [0.1, 0.15) is 0 Å². The van der Waals surface area contributed by atoms with Crippen LogP contribution in [0.3, 0.4) is 0 Å². The number of nitrogens with two attached hydrogens (primary N) is 1. The van der Waals surface area contributed by atoms with E-state index in [2.05, 4.69) is 11.2 Å². The summed E-state index contributed by atoms with van der Waals surface area (Å²) in [6.45, 7) is 0.726. The lowest BCUT2D eigenvalue weighted by Gasteiger charge is -1.99. The first-order valence-corrected chi connectivity index (χ1v) is 6.43. The Morgan fingerprint density at radius 1 is 1.19 bits per heavy atom. The van der Waals surface area contributed by atoms with Crippen LogP contribution in [0.2, 0.25) is 0 Å². The Morgan fingerprint density at radius 2 is 2.00 bits per heavy atom. The maximum Gasteiger partial charge on any atom is 0.0727 e. The predicted molar refractivity (Wildman–Crippen MR) is 68.8 cm³/mol. The van der Waals surface area contributed by atoms with Crippen LogP contribution >= 0.6 is 11.8 Å². The quantitative estimate of drug-likeness (QED) is 0.804. The van der Waals surface area contributed by atoms with Crippen LogP contribution < -0.4 is 5.73 Å². The highest BCUT2D eigenvalue weighted by Gasteiger charge is 2.00. The smallest absolute Gasteiger partial charge is 0.0727 e. The van der Waals surface area contributed by atoms with Gasteiger partial charge in [0.15, 0.2) is 0 Å². The Balaban J connectivity index is 2.02. The molecule has 2 aromatic rings. The molecule has 0 spiro atoms. The molecule has 1 aromatic carbocycles. The molecule has 3 nitrogen and oxygen atoms in total. The summed E-state index contributed by atoms with van der Waals surface area (Å²) in [6.07, 6.45) is 1.99. The molecule has 1 aromatic heterocycles. The number of para-hydroxylation sites is 1. The maximum absolute atomic E-state index is 5.44. The molecule has 84 valence electrons. The molecule has 0 aliphatic carbocycles. The lowest BCUT2D eigenvalue weighted by molar-refractivity contribution is 0.859. The first-order valence-electron chi connectivity index (χ1n) is 5.28. The second kappa shape index (κ2) is 5.72. The lowest BCUT2D eigenvalue weighted by atomic mass is 10.3. The largest absolute Gasteiger partial charge is 0.330 e. The van der Waals surface area contributed by atoms with Gasteiger partial charge in [-0.2, -0.15) is 16.9 Å². The van der Waals surface area contributed by atoms with Crippen molar-refractivity contribution in [3.05, 3.63) is 48.3 Å². The lowest BCUT2D eigenvalue weighted by Crippen LogP contribution is -2.01. The van der Waals surface area contributed by atoms with Crippen molar-refractivity contribution in [2.75, 3.05) is 12.3 Å². The Morgan fingerprint density at radius 3 is 2.75 bits per heavy atom. The summed E-state index contributed by atoms with van der Waals surface area (Å²) in [5, 5.41) is 4.51. The monoisotopic (exact) mass is 233 g/mol. The fourth-order valence-electron chi connectivity index (χ4n) is 1.42. The third-order valence-electron chi connectivity index (χ3n) is 2.18. The van der Waals surface area contributed by atoms with Crippen molar-refractivity contribution in [2.24, 2.45) is 5.73 Å². The normalized spacial score (nSPS) is 10.6. The predicted octanol–water partition coefficient (Wildman–Crippen LogP) is 2.06. The van der Waals surface area contributed by atoms with E-state index in [-0.39, 0.29) is 0 Å². The molecule has 16 heavy (non-hydrogen) atoms. The molecule has 0 aliphatic heterocycles. The van der Waals surface area contributed by atoms with Gasteiger partial charge in [-0.3, -0.25) is 0 Å². The number of benzene rings is 1. The average molecular weight is 233 g/mol. The standard InChI is InChI=1S/C12H15N3S/c13-7-9-16-10-11-6-8-15(14-11)12-4-2-1-3-5-12/h1-6,8H,7,9-10,13H2. The summed E-state index contributed by atoms with van der Waals surface area (Å²) < 4.78 is 1.90. The molecule has 2 N–H and O–H groups in total. The van der Waals surface area contributed by atoms with Crippen molar-refractivity contribution < 1.29 is 0 Å². The van der Waals surface area contributed by atoms with E-state index < -0.39 is 0 Å². The Kier molecular flexibility index (Phi) is 4.02.